The maximum Gasteiger partial charge on any atom is 0.255 e. The summed E-state index contributed by atoms with van der Waals surface area (Å²) in [6.07, 6.45) is 8.06. The van der Waals surface area contributed by atoms with Crippen LogP contribution in [0.1, 0.15) is 61.7 Å². The average molecular weight is 474 g/mol. The number of hydrogen-bond acceptors (Lipinski definition) is 4. The van der Waals surface area contributed by atoms with Gasteiger partial charge >= 0.3 is 0 Å². The van der Waals surface area contributed by atoms with Crippen LogP contribution in [-0.2, 0) is 10.0 Å². The van der Waals surface area contributed by atoms with Crippen LogP contribution in [0.4, 0.5) is 15.8 Å². The van der Waals surface area contributed by atoms with Crippen molar-refractivity contribution < 1.29 is 17.6 Å². The van der Waals surface area contributed by atoms with E-state index in [0.717, 1.165) is 64.5 Å². The number of halogens is 1. The first kappa shape index (κ1) is 23.7. The first-order valence-electron chi connectivity index (χ1n) is 11.9. The first-order chi connectivity index (χ1) is 15.9. The zero-order valence-corrected chi connectivity index (χ0v) is 19.7. The highest BCUT2D eigenvalue weighted by molar-refractivity contribution is 7.89. The van der Waals surface area contributed by atoms with Gasteiger partial charge in [0.05, 0.1) is 5.69 Å². The standard InChI is InChI=1S/C25H32FN3O3S/c26-21-10-9-11-22(19-21)27-25(30)20-12-13-23(28-14-5-1-2-6-15-28)24(18-20)33(31,32)29-16-7-3-4-8-17-29/h9-13,18-19H,1-8,14-17H2,(H,27,30). The lowest BCUT2D eigenvalue weighted by atomic mass is 10.1. The number of benzene rings is 2. The van der Waals surface area contributed by atoms with Gasteiger partial charge in [-0.2, -0.15) is 4.31 Å². The van der Waals surface area contributed by atoms with E-state index in [1.165, 1.54) is 24.3 Å². The number of amides is 1. The molecule has 2 aromatic rings. The van der Waals surface area contributed by atoms with Gasteiger partial charge < -0.3 is 10.2 Å². The Kier molecular flexibility index (Phi) is 7.65. The SMILES string of the molecule is O=C(Nc1cccc(F)c1)c1ccc(N2CCCCCC2)c(S(=O)(=O)N2CCCCCC2)c1. The van der Waals surface area contributed by atoms with Crippen LogP contribution in [-0.4, -0.2) is 44.8 Å². The van der Waals surface area contributed by atoms with Crippen LogP contribution in [0.2, 0.25) is 0 Å². The van der Waals surface area contributed by atoms with Crippen molar-refractivity contribution >= 4 is 27.3 Å². The van der Waals surface area contributed by atoms with E-state index in [0.29, 0.717) is 24.5 Å². The predicted molar refractivity (Wildman–Crippen MR) is 129 cm³/mol. The third-order valence-corrected chi connectivity index (χ3v) is 8.36. The summed E-state index contributed by atoms with van der Waals surface area (Å²) in [5, 5.41) is 2.68. The van der Waals surface area contributed by atoms with Crippen LogP contribution in [0.5, 0.6) is 0 Å². The van der Waals surface area contributed by atoms with Crippen molar-refractivity contribution in [2.75, 3.05) is 36.4 Å². The summed E-state index contributed by atoms with van der Waals surface area (Å²) in [6.45, 7) is 2.61. The molecular formula is C25H32FN3O3S. The fourth-order valence-electron chi connectivity index (χ4n) is 4.63. The molecule has 0 bridgehead atoms. The molecule has 8 heteroatoms. The topological polar surface area (TPSA) is 69.7 Å². The Morgan fingerprint density at radius 3 is 2.09 bits per heavy atom. The molecule has 2 aliphatic rings. The van der Waals surface area contributed by atoms with Crippen LogP contribution in [0, 0.1) is 5.82 Å². The molecule has 0 saturated carbocycles. The van der Waals surface area contributed by atoms with E-state index in [1.807, 2.05) is 0 Å². The van der Waals surface area contributed by atoms with Gasteiger partial charge in [-0.3, -0.25) is 4.79 Å². The fraction of sp³-hybridized carbons (Fsp3) is 0.480. The molecule has 6 nitrogen and oxygen atoms in total. The Hall–Kier alpha value is -2.45. The quantitative estimate of drug-likeness (QED) is 0.662. The van der Waals surface area contributed by atoms with E-state index in [4.69, 9.17) is 0 Å². The number of rotatable bonds is 5. The van der Waals surface area contributed by atoms with Gasteiger partial charge in [0, 0.05) is 37.4 Å². The highest BCUT2D eigenvalue weighted by Crippen LogP contribution is 2.32. The second-order valence-electron chi connectivity index (χ2n) is 8.87. The Morgan fingerprint density at radius 2 is 1.45 bits per heavy atom. The van der Waals surface area contributed by atoms with E-state index in [9.17, 15) is 17.6 Å². The molecule has 0 radical (unpaired) electrons. The lowest BCUT2D eigenvalue weighted by Crippen LogP contribution is -2.34. The summed E-state index contributed by atoms with van der Waals surface area (Å²) in [5.41, 5.74) is 1.24. The van der Waals surface area contributed by atoms with Gasteiger partial charge in [-0.1, -0.05) is 31.7 Å². The number of hydrogen-bond donors (Lipinski definition) is 1. The molecule has 33 heavy (non-hydrogen) atoms. The number of carbonyl (C=O) groups is 1. The van der Waals surface area contributed by atoms with Gasteiger partial charge in [-0.05, 0) is 62.1 Å². The molecule has 4 rings (SSSR count). The van der Waals surface area contributed by atoms with Crippen LogP contribution in [0.15, 0.2) is 47.4 Å². The number of anilines is 2. The second kappa shape index (κ2) is 10.7. The van der Waals surface area contributed by atoms with Crippen LogP contribution in [0.25, 0.3) is 0 Å². The van der Waals surface area contributed by atoms with Crippen LogP contribution >= 0.6 is 0 Å². The first-order valence-corrected chi connectivity index (χ1v) is 13.4. The minimum Gasteiger partial charge on any atom is -0.370 e. The summed E-state index contributed by atoms with van der Waals surface area (Å²) in [7, 11) is -3.76. The molecule has 1 N–H and O–H groups in total. The predicted octanol–water partition coefficient (Wildman–Crippen LogP) is 5.02. The molecule has 0 unspecified atom stereocenters. The van der Waals surface area contributed by atoms with Gasteiger partial charge in [-0.15, -0.1) is 0 Å². The van der Waals surface area contributed by atoms with Crippen molar-refractivity contribution in [1.29, 1.82) is 0 Å². The Labute approximate surface area is 195 Å². The maximum atomic E-state index is 13.8. The van der Waals surface area contributed by atoms with Gasteiger partial charge in [0.1, 0.15) is 10.7 Å². The molecule has 0 aromatic heterocycles. The lowest BCUT2D eigenvalue weighted by Gasteiger charge is -2.28. The number of sulfonamides is 1. The summed E-state index contributed by atoms with van der Waals surface area (Å²) < 4.78 is 42.7. The molecule has 2 aromatic carbocycles. The largest absolute Gasteiger partial charge is 0.370 e. The van der Waals surface area contributed by atoms with E-state index in [2.05, 4.69) is 10.2 Å². The summed E-state index contributed by atoms with van der Waals surface area (Å²) in [4.78, 5) is 15.3. The zero-order chi connectivity index (χ0) is 23.3. The Balaban J connectivity index is 1.70. The zero-order valence-electron chi connectivity index (χ0n) is 18.9. The fourth-order valence-corrected chi connectivity index (χ4v) is 6.38. The maximum absolute atomic E-state index is 13.8. The van der Waals surface area contributed by atoms with Crippen LogP contribution in [0.3, 0.4) is 0 Å². The van der Waals surface area contributed by atoms with E-state index >= 15 is 0 Å². The lowest BCUT2D eigenvalue weighted by molar-refractivity contribution is 0.102. The number of nitrogens with zero attached hydrogens (tertiary/aromatic N) is 2. The normalized spacial score (nSPS) is 18.4. The highest BCUT2D eigenvalue weighted by atomic mass is 32.2. The van der Waals surface area contributed by atoms with Crippen molar-refractivity contribution in [3.05, 3.63) is 53.8 Å². The van der Waals surface area contributed by atoms with Crippen LogP contribution < -0.4 is 10.2 Å². The molecule has 2 heterocycles. The van der Waals surface area contributed by atoms with Crippen molar-refractivity contribution in [3.63, 3.8) is 0 Å². The molecule has 0 atom stereocenters. The highest BCUT2D eigenvalue weighted by Gasteiger charge is 2.30. The number of nitrogens with one attached hydrogen (secondary N) is 1. The van der Waals surface area contributed by atoms with E-state index in [1.54, 1.807) is 22.5 Å². The van der Waals surface area contributed by atoms with E-state index in [-0.39, 0.29) is 10.5 Å². The molecular weight excluding hydrogens is 441 g/mol. The molecule has 2 fully saturated rings. The number of carbonyl (C=O) groups excluding carboxylic acids is 1. The second-order valence-corrected chi connectivity index (χ2v) is 10.8. The van der Waals surface area contributed by atoms with E-state index < -0.39 is 21.7 Å². The Morgan fingerprint density at radius 1 is 0.818 bits per heavy atom. The Bertz CT molecular complexity index is 1070. The van der Waals surface area contributed by atoms with Crippen molar-refractivity contribution in [3.8, 4) is 0 Å². The smallest absolute Gasteiger partial charge is 0.255 e. The van der Waals surface area contributed by atoms with Crippen molar-refractivity contribution in [2.24, 2.45) is 0 Å². The average Bonchev–Trinajstić information content (AvgIpc) is 3.25. The summed E-state index contributed by atoms with van der Waals surface area (Å²) in [5.74, 6) is -0.913. The minimum absolute atomic E-state index is 0.193. The minimum atomic E-state index is -3.76. The molecule has 2 aliphatic heterocycles. The van der Waals surface area contributed by atoms with Gasteiger partial charge in [-0.25, -0.2) is 12.8 Å². The van der Waals surface area contributed by atoms with Crippen molar-refractivity contribution in [1.82, 2.24) is 4.31 Å². The van der Waals surface area contributed by atoms with Gasteiger partial charge in [0.2, 0.25) is 10.0 Å². The molecule has 0 spiro atoms. The molecule has 178 valence electrons. The van der Waals surface area contributed by atoms with Gasteiger partial charge in [0.25, 0.3) is 5.91 Å². The summed E-state index contributed by atoms with van der Waals surface area (Å²) >= 11 is 0. The molecule has 0 aliphatic carbocycles. The third-order valence-electron chi connectivity index (χ3n) is 6.43. The van der Waals surface area contributed by atoms with Gasteiger partial charge in [0.15, 0.2) is 0 Å². The molecule has 1 amide bonds. The van der Waals surface area contributed by atoms with Crippen molar-refractivity contribution in [2.45, 2.75) is 56.3 Å². The summed E-state index contributed by atoms with van der Waals surface area (Å²) in [6, 6.07) is 10.6. The molecule has 2 saturated heterocycles. The monoisotopic (exact) mass is 473 g/mol. The third kappa shape index (κ3) is 5.73.